The fraction of sp³-hybridized carbons (Fsp3) is 0.812. The van der Waals surface area contributed by atoms with Gasteiger partial charge in [0, 0.05) is 19.3 Å². The van der Waals surface area contributed by atoms with Gasteiger partial charge in [0.15, 0.2) is 6.10 Å². The van der Waals surface area contributed by atoms with Crippen LogP contribution in [0.5, 0.6) is 0 Å². The predicted octanol–water partition coefficient (Wildman–Crippen LogP) is 22.3. The van der Waals surface area contributed by atoms with Crippen molar-refractivity contribution in [2.45, 2.75) is 348 Å². The molecule has 0 spiro atoms. The maximum absolute atomic E-state index is 12.8. The molecule has 1 unspecified atom stereocenters. The van der Waals surface area contributed by atoms with E-state index in [2.05, 4.69) is 81.5 Å². The zero-order valence-electron chi connectivity index (χ0n) is 50.1. The molecule has 0 aliphatic heterocycles. The minimum absolute atomic E-state index is 0.0756. The first kappa shape index (κ1) is 72.1. The maximum atomic E-state index is 12.8. The molecule has 0 aliphatic rings. The van der Waals surface area contributed by atoms with Gasteiger partial charge in [0.2, 0.25) is 0 Å². The number of allylic oxidation sites excluding steroid dienone is 10. The van der Waals surface area contributed by atoms with Crippen LogP contribution in [0.2, 0.25) is 0 Å². The van der Waals surface area contributed by atoms with E-state index in [4.69, 9.17) is 14.2 Å². The Labute approximate surface area is 466 Å². The molecular weight excluding hydrogens is 925 g/mol. The lowest BCUT2D eigenvalue weighted by molar-refractivity contribution is -0.167. The van der Waals surface area contributed by atoms with Gasteiger partial charge in [0.05, 0.1) is 0 Å². The van der Waals surface area contributed by atoms with Crippen LogP contribution in [0.4, 0.5) is 0 Å². The minimum atomic E-state index is -0.778. The van der Waals surface area contributed by atoms with Crippen molar-refractivity contribution in [1.29, 1.82) is 0 Å². The molecule has 0 rings (SSSR count). The molecule has 0 saturated heterocycles. The maximum Gasteiger partial charge on any atom is 0.306 e. The largest absolute Gasteiger partial charge is 0.462 e. The van der Waals surface area contributed by atoms with Crippen molar-refractivity contribution in [3.05, 3.63) is 60.8 Å². The third kappa shape index (κ3) is 61.8. The van der Waals surface area contributed by atoms with Crippen LogP contribution in [0.15, 0.2) is 60.8 Å². The van der Waals surface area contributed by atoms with Crippen LogP contribution < -0.4 is 0 Å². The molecule has 1 atom stereocenters. The van der Waals surface area contributed by atoms with Crippen molar-refractivity contribution in [3.8, 4) is 0 Å². The van der Waals surface area contributed by atoms with Gasteiger partial charge in [-0.15, -0.1) is 0 Å². The van der Waals surface area contributed by atoms with Gasteiger partial charge < -0.3 is 14.2 Å². The highest BCUT2D eigenvalue weighted by Crippen LogP contribution is 2.17. The van der Waals surface area contributed by atoms with Crippen LogP contribution in [0.25, 0.3) is 0 Å². The van der Waals surface area contributed by atoms with E-state index in [-0.39, 0.29) is 31.1 Å². The molecule has 75 heavy (non-hydrogen) atoms. The van der Waals surface area contributed by atoms with Gasteiger partial charge in [-0.2, -0.15) is 0 Å². The van der Waals surface area contributed by atoms with Gasteiger partial charge in [-0.05, 0) is 83.5 Å². The molecule has 0 aromatic rings. The Morgan fingerprint density at radius 2 is 0.507 bits per heavy atom. The highest BCUT2D eigenvalue weighted by molar-refractivity contribution is 5.71. The van der Waals surface area contributed by atoms with E-state index in [9.17, 15) is 14.4 Å². The van der Waals surface area contributed by atoms with E-state index in [0.717, 1.165) is 103 Å². The van der Waals surface area contributed by atoms with Gasteiger partial charge in [-0.1, -0.05) is 300 Å². The normalized spacial score (nSPS) is 12.4. The van der Waals surface area contributed by atoms with Crippen LogP contribution in [0.1, 0.15) is 342 Å². The Morgan fingerprint density at radius 1 is 0.267 bits per heavy atom. The molecule has 0 saturated carbocycles. The summed E-state index contributed by atoms with van der Waals surface area (Å²) < 4.78 is 16.9. The molecule has 0 bridgehead atoms. The van der Waals surface area contributed by atoms with E-state index < -0.39 is 6.10 Å². The first-order chi connectivity index (χ1) is 37.0. The van der Waals surface area contributed by atoms with E-state index in [1.54, 1.807) is 0 Å². The first-order valence-corrected chi connectivity index (χ1v) is 32.8. The fourth-order valence-electron chi connectivity index (χ4n) is 9.55. The van der Waals surface area contributed by atoms with E-state index in [1.807, 2.05) is 0 Å². The number of hydrogen-bond donors (Lipinski definition) is 0. The highest BCUT2D eigenvalue weighted by atomic mass is 16.6. The Bertz CT molecular complexity index is 1340. The minimum Gasteiger partial charge on any atom is -0.462 e. The molecule has 0 N–H and O–H groups in total. The third-order valence-corrected chi connectivity index (χ3v) is 14.5. The average Bonchev–Trinajstić information content (AvgIpc) is 3.41. The summed E-state index contributed by atoms with van der Waals surface area (Å²) in [5.41, 5.74) is 0. The molecule has 0 aromatic carbocycles. The number of rotatable bonds is 60. The molecule has 0 amide bonds. The van der Waals surface area contributed by atoms with Crippen molar-refractivity contribution in [1.82, 2.24) is 0 Å². The standard InChI is InChI=1S/C69H124O6/c1-4-7-10-13-16-19-22-25-26-27-28-29-30-31-32-33-34-35-36-37-38-39-40-41-42-45-47-50-53-56-59-62-68(71)74-65-66(75-69(72)63-60-57-54-51-48-44-24-21-18-15-12-9-6-3)64-73-67(70)61-58-55-52-49-46-43-23-20-17-14-11-8-5-2/h12,15,21-22,24-25,27-28,30-31,66H,4-11,13-14,16-20,23,26,29,32-65H2,1-3H3/b15-12-,24-21-,25-22-,28-27-,31-30-. The molecule has 436 valence electrons. The summed E-state index contributed by atoms with van der Waals surface area (Å²) in [6, 6.07) is 0. The second-order valence-corrected chi connectivity index (χ2v) is 22.0. The van der Waals surface area contributed by atoms with Crippen LogP contribution in [0, 0.1) is 0 Å². The van der Waals surface area contributed by atoms with Crippen LogP contribution >= 0.6 is 0 Å². The Kier molecular flexibility index (Phi) is 61.2. The van der Waals surface area contributed by atoms with Gasteiger partial charge >= 0.3 is 17.9 Å². The van der Waals surface area contributed by atoms with Crippen LogP contribution in [0.3, 0.4) is 0 Å². The fourth-order valence-corrected chi connectivity index (χ4v) is 9.55. The topological polar surface area (TPSA) is 78.9 Å². The summed E-state index contributed by atoms with van der Waals surface area (Å²) in [6.07, 6.45) is 81.0. The highest BCUT2D eigenvalue weighted by Gasteiger charge is 2.19. The lowest BCUT2D eigenvalue weighted by atomic mass is 10.0. The summed E-state index contributed by atoms with van der Waals surface area (Å²) in [5, 5.41) is 0. The molecule has 0 aliphatic carbocycles. The number of hydrogen-bond acceptors (Lipinski definition) is 6. The number of carbonyl (C=O) groups excluding carboxylic acids is 3. The molecule has 0 radical (unpaired) electrons. The molecular formula is C69H124O6. The lowest BCUT2D eigenvalue weighted by Gasteiger charge is -2.18. The van der Waals surface area contributed by atoms with Crippen molar-refractivity contribution in [2.75, 3.05) is 13.2 Å². The van der Waals surface area contributed by atoms with Crippen molar-refractivity contribution < 1.29 is 28.6 Å². The van der Waals surface area contributed by atoms with Crippen molar-refractivity contribution in [3.63, 3.8) is 0 Å². The van der Waals surface area contributed by atoms with Gasteiger partial charge in [-0.3, -0.25) is 14.4 Å². The molecule has 0 aromatic heterocycles. The molecule has 6 heteroatoms. The van der Waals surface area contributed by atoms with Gasteiger partial charge in [0.25, 0.3) is 0 Å². The second-order valence-electron chi connectivity index (χ2n) is 22.0. The summed E-state index contributed by atoms with van der Waals surface area (Å²) in [4.78, 5) is 38.2. The summed E-state index contributed by atoms with van der Waals surface area (Å²) >= 11 is 0. The number of esters is 3. The smallest absolute Gasteiger partial charge is 0.306 e. The first-order valence-electron chi connectivity index (χ1n) is 32.8. The summed E-state index contributed by atoms with van der Waals surface area (Å²) in [6.45, 7) is 6.59. The number of ether oxygens (including phenoxy) is 3. The van der Waals surface area contributed by atoms with Gasteiger partial charge in [-0.25, -0.2) is 0 Å². The zero-order valence-corrected chi connectivity index (χ0v) is 50.1. The van der Waals surface area contributed by atoms with E-state index in [0.29, 0.717) is 19.3 Å². The average molecular weight is 1050 g/mol. The van der Waals surface area contributed by atoms with Crippen molar-refractivity contribution in [2.24, 2.45) is 0 Å². The van der Waals surface area contributed by atoms with E-state index in [1.165, 1.54) is 199 Å². The lowest BCUT2D eigenvalue weighted by Crippen LogP contribution is -2.30. The van der Waals surface area contributed by atoms with Crippen LogP contribution in [-0.2, 0) is 28.6 Å². The van der Waals surface area contributed by atoms with E-state index >= 15 is 0 Å². The Morgan fingerprint density at radius 3 is 0.800 bits per heavy atom. The second kappa shape index (κ2) is 63.6. The summed E-state index contributed by atoms with van der Waals surface area (Å²) in [5.74, 6) is -0.873. The zero-order chi connectivity index (χ0) is 54.3. The molecule has 0 fully saturated rings. The quantitative estimate of drug-likeness (QED) is 0.0261. The monoisotopic (exact) mass is 1050 g/mol. The molecule has 0 heterocycles. The SMILES string of the molecule is CCC/C=C\C/C=C\CCCCCCCC(=O)OC(COC(=O)CCCCCCCCCCCCCCC)COC(=O)CCCCCCCCCCCCCCCCCC/C=C\C/C=C\C/C=C\CCCCCCC. The Hall–Kier alpha value is -2.89. The van der Waals surface area contributed by atoms with Crippen LogP contribution in [-0.4, -0.2) is 37.2 Å². The third-order valence-electron chi connectivity index (χ3n) is 14.5. The predicted molar refractivity (Wildman–Crippen MR) is 325 cm³/mol. The number of carbonyl (C=O) groups is 3. The number of unbranched alkanes of at least 4 members (excludes halogenated alkanes) is 39. The molecule has 6 nitrogen and oxygen atoms in total. The Balaban J connectivity index is 4.13. The van der Waals surface area contributed by atoms with Crippen molar-refractivity contribution >= 4 is 17.9 Å². The van der Waals surface area contributed by atoms with Gasteiger partial charge in [0.1, 0.15) is 13.2 Å². The summed E-state index contributed by atoms with van der Waals surface area (Å²) in [7, 11) is 0.